The van der Waals surface area contributed by atoms with Crippen molar-refractivity contribution in [1.82, 2.24) is 4.98 Å². The van der Waals surface area contributed by atoms with Crippen molar-refractivity contribution in [1.29, 1.82) is 5.26 Å². The van der Waals surface area contributed by atoms with E-state index >= 15 is 0 Å². The van der Waals surface area contributed by atoms with Gasteiger partial charge in [0, 0.05) is 11.8 Å². The Morgan fingerprint density at radius 2 is 2.21 bits per heavy atom. The lowest BCUT2D eigenvalue weighted by Crippen LogP contribution is -2.03. The Kier molecular flexibility index (Phi) is 4.53. The Morgan fingerprint density at radius 3 is 3.00 bits per heavy atom. The van der Waals surface area contributed by atoms with Crippen LogP contribution in [-0.2, 0) is 12.8 Å². The molecule has 1 heterocycles. The van der Waals surface area contributed by atoms with Crippen LogP contribution in [0.5, 0.6) is 5.75 Å². The van der Waals surface area contributed by atoms with Crippen LogP contribution < -0.4 is 4.74 Å². The molecule has 0 unspecified atom stereocenters. The first-order valence-electron chi connectivity index (χ1n) is 6.20. The molecule has 98 valence electrons. The van der Waals surface area contributed by atoms with E-state index in [1.165, 1.54) is 11.1 Å². The number of aryl methyl sites for hydroxylation is 1. The summed E-state index contributed by atoms with van der Waals surface area (Å²) in [6.45, 7) is 4.76. The van der Waals surface area contributed by atoms with Gasteiger partial charge in [-0.2, -0.15) is 5.26 Å². The van der Waals surface area contributed by atoms with E-state index in [0.717, 1.165) is 22.9 Å². The Balaban J connectivity index is 1.89. The van der Waals surface area contributed by atoms with Crippen LogP contribution in [-0.4, -0.2) is 11.6 Å². The third-order valence-corrected chi connectivity index (χ3v) is 3.95. The number of nitrogens with zero attached hydrogens (tertiary/aromatic N) is 2. The summed E-state index contributed by atoms with van der Waals surface area (Å²) in [6.07, 6.45) is 1.16. The molecule has 0 fully saturated rings. The third kappa shape index (κ3) is 3.55. The van der Waals surface area contributed by atoms with Crippen molar-refractivity contribution in [2.75, 3.05) is 6.61 Å². The van der Waals surface area contributed by atoms with Crippen molar-refractivity contribution in [3.8, 4) is 11.8 Å². The Labute approximate surface area is 117 Å². The zero-order chi connectivity index (χ0) is 13.7. The van der Waals surface area contributed by atoms with Crippen LogP contribution >= 0.6 is 11.3 Å². The lowest BCUT2D eigenvalue weighted by molar-refractivity contribution is 0.319. The van der Waals surface area contributed by atoms with Crippen molar-refractivity contribution in [3.05, 3.63) is 45.4 Å². The molecule has 4 heteroatoms. The molecule has 0 spiro atoms. The molecule has 0 amide bonds. The van der Waals surface area contributed by atoms with Gasteiger partial charge in [-0.1, -0.05) is 12.1 Å². The second kappa shape index (κ2) is 6.35. The van der Waals surface area contributed by atoms with Gasteiger partial charge in [-0.3, -0.25) is 0 Å². The minimum Gasteiger partial charge on any atom is -0.493 e. The summed E-state index contributed by atoms with van der Waals surface area (Å²) in [7, 11) is 0. The van der Waals surface area contributed by atoms with Gasteiger partial charge >= 0.3 is 0 Å². The molecule has 0 atom stereocenters. The molecule has 0 bridgehead atoms. The summed E-state index contributed by atoms with van der Waals surface area (Å²) < 4.78 is 5.79. The molecule has 0 radical (unpaired) electrons. The normalized spacial score (nSPS) is 10.2. The molecule has 2 rings (SSSR count). The lowest BCUT2D eigenvalue weighted by Gasteiger charge is -2.09. The maximum atomic E-state index is 8.60. The van der Waals surface area contributed by atoms with E-state index in [2.05, 4.69) is 31.0 Å². The molecule has 3 nitrogen and oxygen atoms in total. The zero-order valence-corrected chi connectivity index (χ0v) is 12.0. The quantitative estimate of drug-likeness (QED) is 0.837. The van der Waals surface area contributed by atoms with Crippen LogP contribution in [0.3, 0.4) is 0 Å². The predicted molar refractivity (Wildman–Crippen MR) is 76.5 cm³/mol. The number of aromatic nitrogens is 1. The maximum Gasteiger partial charge on any atom is 0.122 e. The molecule has 0 aliphatic heterocycles. The van der Waals surface area contributed by atoms with Crippen molar-refractivity contribution in [2.45, 2.75) is 26.7 Å². The van der Waals surface area contributed by atoms with Gasteiger partial charge in [0.15, 0.2) is 0 Å². The molecule has 2 aromatic rings. The van der Waals surface area contributed by atoms with E-state index in [4.69, 9.17) is 10.00 Å². The van der Waals surface area contributed by atoms with Crippen LogP contribution in [0.15, 0.2) is 23.6 Å². The minimum atomic E-state index is 0.383. The van der Waals surface area contributed by atoms with Gasteiger partial charge in [0.1, 0.15) is 5.75 Å². The highest BCUT2D eigenvalue weighted by Gasteiger charge is 2.04. The van der Waals surface area contributed by atoms with E-state index in [1.54, 1.807) is 11.3 Å². The molecule has 19 heavy (non-hydrogen) atoms. The number of thiazole rings is 1. The maximum absolute atomic E-state index is 8.60. The first-order chi connectivity index (χ1) is 9.20. The summed E-state index contributed by atoms with van der Waals surface area (Å²) in [5.74, 6) is 0.939. The van der Waals surface area contributed by atoms with Crippen molar-refractivity contribution < 1.29 is 4.74 Å². The zero-order valence-electron chi connectivity index (χ0n) is 11.1. The fourth-order valence-corrected chi connectivity index (χ4v) is 2.53. The number of hydrogen-bond acceptors (Lipinski definition) is 4. The summed E-state index contributed by atoms with van der Waals surface area (Å²) in [6, 6.07) is 8.18. The number of nitriles is 1. The highest BCUT2D eigenvalue weighted by atomic mass is 32.1. The number of ether oxygens (including phenoxy) is 1. The Hall–Kier alpha value is -1.86. The summed E-state index contributed by atoms with van der Waals surface area (Å²) in [4.78, 5) is 4.39. The average molecular weight is 272 g/mol. The summed E-state index contributed by atoms with van der Waals surface area (Å²) in [5.41, 5.74) is 3.28. The topological polar surface area (TPSA) is 45.9 Å². The van der Waals surface area contributed by atoms with E-state index in [0.29, 0.717) is 13.0 Å². The first kappa shape index (κ1) is 13.6. The molecular weight excluding hydrogens is 256 g/mol. The van der Waals surface area contributed by atoms with Gasteiger partial charge in [0.2, 0.25) is 0 Å². The van der Waals surface area contributed by atoms with E-state index in [9.17, 15) is 0 Å². The summed E-state index contributed by atoms with van der Waals surface area (Å²) in [5, 5.41) is 11.6. The third-order valence-electron chi connectivity index (χ3n) is 2.99. The Bertz CT molecular complexity index is 598. The predicted octanol–water partition coefficient (Wildman–Crippen LogP) is 3.45. The number of hydrogen-bond donors (Lipinski definition) is 0. The molecule has 0 saturated carbocycles. The van der Waals surface area contributed by atoms with Crippen LogP contribution in [0, 0.1) is 25.2 Å². The van der Waals surface area contributed by atoms with E-state index < -0.39 is 0 Å². The fourth-order valence-electron chi connectivity index (χ4n) is 1.75. The standard InChI is InChI=1S/C15H16N2OS/c1-11-4-3-5-14(12(11)2)18-9-7-15-17-13(6-8-16)10-19-15/h3-5,10H,6-7,9H2,1-2H3. The first-order valence-corrected chi connectivity index (χ1v) is 7.08. The van der Waals surface area contributed by atoms with Crippen molar-refractivity contribution in [2.24, 2.45) is 0 Å². The molecule has 0 aliphatic rings. The van der Waals surface area contributed by atoms with Crippen LogP contribution in [0.4, 0.5) is 0 Å². The average Bonchev–Trinajstić information content (AvgIpc) is 2.83. The second-order valence-corrected chi connectivity index (χ2v) is 5.31. The highest BCUT2D eigenvalue weighted by Crippen LogP contribution is 2.21. The van der Waals surface area contributed by atoms with E-state index in [1.807, 2.05) is 17.5 Å². The molecule has 1 aromatic heterocycles. The molecule has 1 aromatic carbocycles. The van der Waals surface area contributed by atoms with Crippen molar-refractivity contribution in [3.63, 3.8) is 0 Å². The van der Waals surface area contributed by atoms with Gasteiger partial charge in [-0.15, -0.1) is 11.3 Å². The van der Waals surface area contributed by atoms with Gasteiger partial charge in [-0.05, 0) is 31.0 Å². The smallest absolute Gasteiger partial charge is 0.122 e. The second-order valence-electron chi connectivity index (χ2n) is 4.36. The highest BCUT2D eigenvalue weighted by molar-refractivity contribution is 7.09. The summed E-state index contributed by atoms with van der Waals surface area (Å²) >= 11 is 1.59. The SMILES string of the molecule is Cc1cccc(OCCc2nc(CC#N)cs2)c1C. The lowest BCUT2D eigenvalue weighted by atomic mass is 10.1. The monoisotopic (exact) mass is 272 g/mol. The van der Waals surface area contributed by atoms with Gasteiger partial charge < -0.3 is 4.74 Å². The molecular formula is C15H16N2OS. The van der Waals surface area contributed by atoms with E-state index in [-0.39, 0.29) is 0 Å². The Morgan fingerprint density at radius 1 is 1.37 bits per heavy atom. The molecule has 0 aliphatic carbocycles. The van der Waals surface area contributed by atoms with Crippen LogP contribution in [0.2, 0.25) is 0 Å². The van der Waals surface area contributed by atoms with Crippen molar-refractivity contribution >= 4 is 11.3 Å². The fraction of sp³-hybridized carbons (Fsp3) is 0.333. The molecule has 0 saturated heterocycles. The van der Waals surface area contributed by atoms with Gasteiger partial charge in [0.25, 0.3) is 0 Å². The number of benzene rings is 1. The molecule has 0 N–H and O–H groups in total. The van der Waals surface area contributed by atoms with Crippen LogP contribution in [0.25, 0.3) is 0 Å². The number of rotatable bonds is 5. The minimum absolute atomic E-state index is 0.383. The largest absolute Gasteiger partial charge is 0.493 e. The van der Waals surface area contributed by atoms with Crippen LogP contribution in [0.1, 0.15) is 21.8 Å². The van der Waals surface area contributed by atoms with Gasteiger partial charge in [-0.25, -0.2) is 4.98 Å². The van der Waals surface area contributed by atoms with Gasteiger partial charge in [0.05, 0.1) is 29.8 Å².